The number of hydrogen-bond acceptors (Lipinski definition) is 3. The van der Waals surface area contributed by atoms with Gasteiger partial charge in [-0.25, -0.2) is 0 Å². The molecule has 0 aromatic rings. The average Bonchev–Trinajstić information content (AvgIpc) is 2.78. The Morgan fingerprint density at radius 2 is 2.10 bits per heavy atom. The van der Waals surface area contributed by atoms with Crippen molar-refractivity contribution in [3.63, 3.8) is 0 Å². The Kier molecular flexibility index (Phi) is 5.85. The molecule has 1 saturated carbocycles. The van der Waals surface area contributed by atoms with Gasteiger partial charge >= 0.3 is 0 Å². The molecule has 2 N–H and O–H groups in total. The summed E-state index contributed by atoms with van der Waals surface area (Å²) in [5.41, 5.74) is -0.876. The maximum atomic E-state index is 11.8. The highest BCUT2D eigenvalue weighted by molar-refractivity contribution is 5.75. The number of carbonyl (C=O) groups excluding carboxylic acids is 1. The lowest BCUT2D eigenvalue weighted by Gasteiger charge is -2.26. The van der Waals surface area contributed by atoms with Crippen LogP contribution in [-0.2, 0) is 9.53 Å². The Morgan fingerprint density at radius 1 is 1.35 bits per heavy atom. The van der Waals surface area contributed by atoms with E-state index in [1.165, 1.54) is 38.5 Å². The Hall–Kier alpha value is -0.610. The van der Waals surface area contributed by atoms with Crippen LogP contribution in [0, 0.1) is 5.92 Å². The number of amides is 1. The predicted octanol–water partition coefficient (Wildman–Crippen LogP) is 2.39. The summed E-state index contributed by atoms with van der Waals surface area (Å²) < 4.78 is 5.36. The Balaban J connectivity index is 1.58. The van der Waals surface area contributed by atoms with Crippen LogP contribution in [0.25, 0.3) is 0 Å². The van der Waals surface area contributed by atoms with E-state index in [0.29, 0.717) is 26.0 Å². The van der Waals surface area contributed by atoms with Gasteiger partial charge < -0.3 is 15.2 Å². The maximum absolute atomic E-state index is 11.8. The van der Waals surface area contributed by atoms with Crippen molar-refractivity contribution in [1.82, 2.24) is 5.32 Å². The van der Waals surface area contributed by atoms with Gasteiger partial charge in [-0.2, -0.15) is 0 Å². The summed E-state index contributed by atoms with van der Waals surface area (Å²) in [6, 6.07) is 0. The number of rotatable bonds is 6. The molecule has 0 aromatic carbocycles. The van der Waals surface area contributed by atoms with Crippen LogP contribution in [0.1, 0.15) is 64.7 Å². The van der Waals surface area contributed by atoms with Crippen molar-refractivity contribution in [3.8, 4) is 0 Å². The molecule has 116 valence electrons. The zero-order valence-electron chi connectivity index (χ0n) is 12.7. The van der Waals surface area contributed by atoms with Gasteiger partial charge in [0.05, 0.1) is 6.10 Å². The van der Waals surface area contributed by atoms with Crippen molar-refractivity contribution in [2.75, 3.05) is 13.2 Å². The first-order valence-corrected chi connectivity index (χ1v) is 8.21. The third-order valence-electron chi connectivity index (χ3n) is 4.99. The molecule has 0 aromatic heterocycles. The lowest BCUT2D eigenvalue weighted by Crippen LogP contribution is -2.47. The van der Waals surface area contributed by atoms with Crippen molar-refractivity contribution in [2.45, 2.75) is 76.4 Å². The van der Waals surface area contributed by atoms with Crippen molar-refractivity contribution in [3.05, 3.63) is 0 Å². The Bertz CT molecular complexity index is 315. The first kappa shape index (κ1) is 15.8. The highest BCUT2D eigenvalue weighted by Gasteiger charge is 2.39. The topological polar surface area (TPSA) is 58.6 Å². The van der Waals surface area contributed by atoms with E-state index >= 15 is 0 Å². The summed E-state index contributed by atoms with van der Waals surface area (Å²) in [5.74, 6) is 0.900. The first-order valence-electron chi connectivity index (χ1n) is 8.21. The van der Waals surface area contributed by atoms with Crippen molar-refractivity contribution in [2.24, 2.45) is 5.92 Å². The quantitative estimate of drug-likeness (QED) is 0.787. The third kappa shape index (κ3) is 4.45. The minimum absolute atomic E-state index is 0.0633. The molecule has 2 atom stereocenters. The standard InChI is InChI=1S/C16H29NO3/c1-13-16(19,10-11-20-13)12-17-15(18)9-5-8-14-6-3-2-4-7-14/h13-14,19H,2-12H2,1H3,(H,17,18). The van der Waals surface area contributed by atoms with E-state index in [1.807, 2.05) is 6.92 Å². The molecule has 4 nitrogen and oxygen atoms in total. The molecule has 1 heterocycles. The molecule has 0 spiro atoms. The molecule has 0 radical (unpaired) electrons. The Morgan fingerprint density at radius 3 is 2.75 bits per heavy atom. The molecular formula is C16H29NO3. The average molecular weight is 283 g/mol. The van der Waals surface area contributed by atoms with E-state index in [4.69, 9.17) is 4.74 Å². The van der Waals surface area contributed by atoms with Crippen molar-refractivity contribution >= 4 is 5.91 Å². The van der Waals surface area contributed by atoms with Crippen LogP contribution in [0.5, 0.6) is 0 Å². The summed E-state index contributed by atoms with van der Waals surface area (Å²) in [5, 5.41) is 13.2. The molecule has 2 aliphatic rings. The second-order valence-corrected chi connectivity index (χ2v) is 6.54. The van der Waals surface area contributed by atoms with Crippen LogP contribution in [0.15, 0.2) is 0 Å². The van der Waals surface area contributed by atoms with Gasteiger partial charge in [0, 0.05) is 26.0 Å². The second-order valence-electron chi connectivity index (χ2n) is 6.54. The van der Waals surface area contributed by atoms with E-state index in [1.54, 1.807) is 0 Å². The van der Waals surface area contributed by atoms with Crippen LogP contribution in [0.3, 0.4) is 0 Å². The first-order chi connectivity index (χ1) is 9.60. The molecule has 1 aliphatic carbocycles. The summed E-state index contributed by atoms with van der Waals surface area (Å²) in [6.07, 6.45) is 9.95. The molecule has 1 aliphatic heterocycles. The van der Waals surface area contributed by atoms with E-state index < -0.39 is 5.60 Å². The molecular weight excluding hydrogens is 254 g/mol. The SMILES string of the molecule is CC1OCCC1(O)CNC(=O)CCCC1CCCCC1. The van der Waals surface area contributed by atoms with Gasteiger partial charge in [0.25, 0.3) is 0 Å². The second kappa shape index (κ2) is 7.41. The molecule has 4 heteroatoms. The summed E-state index contributed by atoms with van der Waals surface area (Å²) in [4.78, 5) is 11.8. The third-order valence-corrected chi connectivity index (χ3v) is 4.99. The monoisotopic (exact) mass is 283 g/mol. The number of ether oxygens (including phenoxy) is 1. The lowest BCUT2D eigenvalue weighted by molar-refractivity contribution is -0.123. The highest BCUT2D eigenvalue weighted by atomic mass is 16.5. The van der Waals surface area contributed by atoms with E-state index in [0.717, 1.165) is 12.3 Å². The van der Waals surface area contributed by atoms with E-state index in [9.17, 15) is 9.90 Å². The summed E-state index contributed by atoms with van der Waals surface area (Å²) in [6.45, 7) is 2.76. The molecule has 0 bridgehead atoms. The maximum Gasteiger partial charge on any atom is 0.220 e. The normalized spacial score (nSPS) is 31.4. The predicted molar refractivity (Wildman–Crippen MR) is 78.4 cm³/mol. The van der Waals surface area contributed by atoms with Crippen LogP contribution < -0.4 is 5.32 Å². The zero-order valence-corrected chi connectivity index (χ0v) is 12.7. The largest absolute Gasteiger partial charge is 0.385 e. The molecule has 1 saturated heterocycles. The fourth-order valence-corrected chi connectivity index (χ4v) is 3.37. The lowest BCUT2D eigenvalue weighted by atomic mass is 9.86. The van der Waals surface area contributed by atoms with Gasteiger partial charge in [0.2, 0.25) is 5.91 Å². The van der Waals surface area contributed by atoms with Crippen LogP contribution >= 0.6 is 0 Å². The molecule has 1 amide bonds. The van der Waals surface area contributed by atoms with Gasteiger partial charge in [-0.1, -0.05) is 32.1 Å². The van der Waals surface area contributed by atoms with E-state index in [2.05, 4.69) is 5.32 Å². The smallest absolute Gasteiger partial charge is 0.220 e. The summed E-state index contributed by atoms with van der Waals surface area (Å²) >= 11 is 0. The zero-order chi connectivity index (χ0) is 14.4. The highest BCUT2D eigenvalue weighted by Crippen LogP contribution is 2.28. The van der Waals surface area contributed by atoms with Crippen molar-refractivity contribution in [1.29, 1.82) is 0 Å². The van der Waals surface area contributed by atoms with Crippen LogP contribution in [0.4, 0.5) is 0 Å². The Labute approximate surface area is 122 Å². The minimum atomic E-state index is -0.876. The molecule has 20 heavy (non-hydrogen) atoms. The number of nitrogens with one attached hydrogen (secondary N) is 1. The van der Waals surface area contributed by atoms with Gasteiger partial charge in [0.15, 0.2) is 0 Å². The summed E-state index contributed by atoms with van der Waals surface area (Å²) in [7, 11) is 0. The fourth-order valence-electron chi connectivity index (χ4n) is 3.37. The van der Waals surface area contributed by atoms with Gasteiger partial charge in [-0.3, -0.25) is 4.79 Å². The van der Waals surface area contributed by atoms with E-state index in [-0.39, 0.29) is 12.0 Å². The van der Waals surface area contributed by atoms with Gasteiger partial charge in [0.1, 0.15) is 5.60 Å². The number of hydrogen-bond donors (Lipinski definition) is 2. The molecule has 2 unspecified atom stereocenters. The van der Waals surface area contributed by atoms with Crippen LogP contribution in [0.2, 0.25) is 0 Å². The number of carbonyl (C=O) groups is 1. The molecule has 2 rings (SSSR count). The van der Waals surface area contributed by atoms with Gasteiger partial charge in [-0.05, 0) is 25.7 Å². The minimum Gasteiger partial charge on any atom is -0.385 e. The van der Waals surface area contributed by atoms with Gasteiger partial charge in [-0.15, -0.1) is 0 Å². The molecule has 2 fully saturated rings. The fraction of sp³-hybridized carbons (Fsp3) is 0.938. The van der Waals surface area contributed by atoms with Crippen LogP contribution in [-0.4, -0.2) is 35.9 Å². The van der Waals surface area contributed by atoms with Crippen molar-refractivity contribution < 1.29 is 14.6 Å². The number of aliphatic hydroxyl groups is 1.